The molecule has 5 heteroatoms. The van der Waals surface area contributed by atoms with Gasteiger partial charge in [0.15, 0.2) is 0 Å². The molecule has 1 N–H and O–H groups in total. The maximum Gasteiger partial charge on any atom is 0.142 e. The summed E-state index contributed by atoms with van der Waals surface area (Å²) in [5.74, 6) is 0.489. The summed E-state index contributed by atoms with van der Waals surface area (Å²) in [4.78, 5) is 0. The molecule has 20 heavy (non-hydrogen) atoms. The van der Waals surface area contributed by atoms with E-state index in [9.17, 15) is 4.39 Å². The van der Waals surface area contributed by atoms with Gasteiger partial charge in [0.25, 0.3) is 0 Å². The summed E-state index contributed by atoms with van der Waals surface area (Å²) in [7, 11) is 1.81. The Morgan fingerprint density at radius 1 is 1.40 bits per heavy atom. The molecule has 2 rings (SSSR count). The number of nitrogens with one attached hydrogen (secondary N) is 1. The van der Waals surface area contributed by atoms with Crippen LogP contribution in [-0.2, 0) is 13.5 Å². The summed E-state index contributed by atoms with van der Waals surface area (Å²) in [6, 6.07) is 8.73. The fraction of sp³-hybridized carbons (Fsp3) is 0.333. The van der Waals surface area contributed by atoms with E-state index in [4.69, 9.17) is 5.26 Å². The van der Waals surface area contributed by atoms with Gasteiger partial charge >= 0.3 is 0 Å². The zero-order valence-corrected chi connectivity index (χ0v) is 11.8. The topological polar surface area (TPSA) is 53.6 Å². The molecule has 0 spiro atoms. The number of nitrogens with zero attached hydrogens (tertiary/aromatic N) is 3. The number of anilines is 1. The molecule has 0 saturated carbocycles. The van der Waals surface area contributed by atoms with Gasteiger partial charge in [-0.3, -0.25) is 4.68 Å². The van der Waals surface area contributed by atoms with Gasteiger partial charge in [-0.05, 0) is 38.0 Å². The van der Waals surface area contributed by atoms with E-state index in [2.05, 4.69) is 16.5 Å². The summed E-state index contributed by atoms with van der Waals surface area (Å²) in [6.07, 6.45) is 0.745. The van der Waals surface area contributed by atoms with Gasteiger partial charge in [-0.25, -0.2) is 4.39 Å². The van der Waals surface area contributed by atoms with Crippen LogP contribution in [0.25, 0.3) is 0 Å². The van der Waals surface area contributed by atoms with Crippen LogP contribution < -0.4 is 5.32 Å². The summed E-state index contributed by atoms with van der Waals surface area (Å²) in [5, 5.41) is 16.7. The van der Waals surface area contributed by atoms with Crippen molar-refractivity contribution in [3.63, 3.8) is 0 Å². The first-order valence-corrected chi connectivity index (χ1v) is 6.46. The minimum atomic E-state index is -0.233. The van der Waals surface area contributed by atoms with Crippen LogP contribution in [-0.4, -0.2) is 15.8 Å². The summed E-state index contributed by atoms with van der Waals surface area (Å²) in [6.45, 7) is 3.83. The number of halogens is 1. The smallest absolute Gasteiger partial charge is 0.142 e. The Kier molecular flexibility index (Phi) is 4.04. The van der Waals surface area contributed by atoms with Crippen molar-refractivity contribution in [1.29, 1.82) is 5.26 Å². The largest absolute Gasteiger partial charge is 0.366 e. The van der Waals surface area contributed by atoms with Gasteiger partial charge in [-0.15, -0.1) is 0 Å². The molecule has 4 nitrogen and oxygen atoms in total. The van der Waals surface area contributed by atoms with Gasteiger partial charge in [-0.2, -0.15) is 10.4 Å². The second-order valence-corrected chi connectivity index (χ2v) is 4.92. The third kappa shape index (κ3) is 2.97. The number of hydrogen-bond acceptors (Lipinski definition) is 3. The lowest BCUT2D eigenvalue weighted by Crippen LogP contribution is -2.20. The van der Waals surface area contributed by atoms with E-state index in [1.807, 2.05) is 13.8 Å². The molecule has 0 amide bonds. The zero-order chi connectivity index (χ0) is 14.7. The van der Waals surface area contributed by atoms with E-state index in [0.29, 0.717) is 11.3 Å². The Morgan fingerprint density at radius 2 is 2.05 bits per heavy atom. The van der Waals surface area contributed by atoms with Crippen molar-refractivity contribution < 1.29 is 4.39 Å². The zero-order valence-electron chi connectivity index (χ0n) is 11.8. The van der Waals surface area contributed by atoms with Crippen molar-refractivity contribution in [2.45, 2.75) is 26.3 Å². The van der Waals surface area contributed by atoms with Gasteiger partial charge in [0.05, 0.1) is 5.69 Å². The number of benzene rings is 1. The van der Waals surface area contributed by atoms with E-state index in [-0.39, 0.29) is 11.9 Å². The van der Waals surface area contributed by atoms with Gasteiger partial charge in [0.1, 0.15) is 23.3 Å². The van der Waals surface area contributed by atoms with Gasteiger partial charge in [0.2, 0.25) is 0 Å². The van der Waals surface area contributed by atoms with Crippen LogP contribution in [0.1, 0.15) is 23.7 Å². The van der Waals surface area contributed by atoms with Crippen LogP contribution in [0.5, 0.6) is 0 Å². The van der Waals surface area contributed by atoms with Crippen LogP contribution in [0.2, 0.25) is 0 Å². The van der Waals surface area contributed by atoms with E-state index in [1.54, 1.807) is 23.9 Å². The monoisotopic (exact) mass is 272 g/mol. The Morgan fingerprint density at radius 3 is 2.65 bits per heavy atom. The van der Waals surface area contributed by atoms with Gasteiger partial charge in [0, 0.05) is 13.1 Å². The molecular weight excluding hydrogens is 255 g/mol. The van der Waals surface area contributed by atoms with E-state index in [1.165, 1.54) is 12.1 Å². The molecule has 0 aliphatic heterocycles. The van der Waals surface area contributed by atoms with Crippen molar-refractivity contribution in [3.8, 4) is 6.07 Å². The predicted octanol–water partition coefficient (Wildman–Crippen LogP) is 2.78. The molecule has 2 aromatic rings. The fourth-order valence-corrected chi connectivity index (χ4v) is 2.22. The van der Waals surface area contributed by atoms with Crippen molar-refractivity contribution in [2.24, 2.45) is 7.05 Å². The molecule has 0 fully saturated rings. The third-order valence-electron chi connectivity index (χ3n) is 3.17. The Balaban J connectivity index is 2.10. The lowest BCUT2D eigenvalue weighted by atomic mass is 10.1. The van der Waals surface area contributed by atoms with Crippen molar-refractivity contribution in [1.82, 2.24) is 9.78 Å². The van der Waals surface area contributed by atoms with E-state index >= 15 is 0 Å². The molecule has 1 heterocycles. The van der Waals surface area contributed by atoms with E-state index < -0.39 is 0 Å². The van der Waals surface area contributed by atoms with Crippen molar-refractivity contribution >= 4 is 5.82 Å². The van der Waals surface area contributed by atoms with Gasteiger partial charge in [-0.1, -0.05) is 12.1 Å². The molecule has 1 aromatic heterocycles. The Labute approximate surface area is 117 Å². The average molecular weight is 272 g/mol. The highest BCUT2D eigenvalue weighted by atomic mass is 19.1. The highest BCUT2D eigenvalue weighted by Gasteiger charge is 2.15. The second-order valence-electron chi connectivity index (χ2n) is 4.92. The molecular formula is C15H17FN4. The summed E-state index contributed by atoms with van der Waals surface area (Å²) >= 11 is 0. The van der Waals surface area contributed by atoms with E-state index in [0.717, 1.165) is 17.8 Å². The SMILES string of the molecule is Cc1nn(C)c(NC(C)Cc2ccc(F)cc2)c1C#N. The third-order valence-corrected chi connectivity index (χ3v) is 3.17. The maximum absolute atomic E-state index is 12.9. The molecule has 104 valence electrons. The highest BCUT2D eigenvalue weighted by Crippen LogP contribution is 2.19. The molecule has 1 aromatic carbocycles. The minimum Gasteiger partial charge on any atom is -0.366 e. The first kappa shape index (κ1) is 14.1. The Hall–Kier alpha value is -2.35. The normalized spacial score (nSPS) is 11.9. The van der Waals surface area contributed by atoms with Crippen molar-refractivity contribution in [2.75, 3.05) is 5.32 Å². The number of hydrogen-bond donors (Lipinski definition) is 1. The summed E-state index contributed by atoms with van der Waals surface area (Å²) < 4.78 is 14.5. The molecule has 1 atom stereocenters. The number of aryl methyl sites for hydroxylation is 2. The minimum absolute atomic E-state index is 0.113. The molecule has 0 aliphatic rings. The van der Waals surface area contributed by atoms with Crippen LogP contribution in [0.15, 0.2) is 24.3 Å². The first-order valence-electron chi connectivity index (χ1n) is 6.46. The maximum atomic E-state index is 12.9. The van der Waals surface area contributed by atoms with Crippen LogP contribution in [0, 0.1) is 24.1 Å². The highest BCUT2D eigenvalue weighted by molar-refractivity contribution is 5.55. The predicted molar refractivity (Wildman–Crippen MR) is 75.8 cm³/mol. The van der Waals surface area contributed by atoms with Gasteiger partial charge < -0.3 is 5.32 Å². The first-order chi connectivity index (χ1) is 9.51. The molecule has 0 bridgehead atoms. The molecule has 0 radical (unpaired) electrons. The fourth-order valence-electron chi connectivity index (χ4n) is 2.22. The van der Waals surface area contributed by atoms with Crippen LogP contribution in [0.3, 0.4) is 0 Å². The number of rotatable bonds is 4. The molecule has 0 aliphatic carbocycles. The molecule has 1 unspecified atom stereocenters. The number of aromatic nitrogens is 2. The molecule has 0 saturated heterocycles. The average Bonchev–Trinajstić information content (AvgIpc) is 2.66. The quantitative estimate of drug-likeness (QED) is 0.931. The second kappa shape index (κ2) is 5.74. The van der Waals surface area contributed by atoms with Crippen LogP contribution in [0.4, 0.5) is 10.2 Å². The number of nitriles is 1. The standard InChI is InChI=1S/C15H17FN4/c1-10(8-12-4-6-13(16)7-5-12)18-15-14(9-17)11(2)19-20(15)3/h4-7,10,18H,8H2,1-3H3. The van der Waals surface area contributed by atoms with Crippen LogP contribution >= 0.6 is 0 Å². The lowest BCUT2D eigenvalue weighted by Gasteiger charge is -2.15. The lowest BCUT2D eigenvalue weighted by molar-refractivity contribution is 0.626. The summed E-state index contributed by atoms with van der Waals surface area (Å²) in [5.41, 5.74) is 2.33. The Bertz CT molecular complexity index is 637. The van der Waals surface area contributed by atoms with Crippen molar-refractivity contribution in [3.05, 3.63) is 46.9 Å².